The Bertz CT molecular complexity index is 4650. The maximum Gasteiger partial charge on any atom is 0.268 e. The van der Waals surface area contributed by atoms with Gasteiger partial charge in [0.25, 0.3) is 11.8 Å². The van der Waals surface area contributed by atoms with Crippen molar-refractivity contribution in [2.24, 2.45) is 9.98 Å². The van der Waals surface area contributed by atoms with Crippen molar-refractivity contribution < 1.29 is 9.59 Å². The minimum atomic E-state index is -0.566. The van der Waals surface area contributed by atoms with E-state index >= 15 is 9.59 Å². The first-order valence-electron chi connectivity index (χ1n) is 27.8. The Morgan fingerprint density at radius 3 is 1.37 bits per heavy atom. The van der Waals surface area contributed by atoms with Crippen molar-refractivity contribution in [2.45, 2.75) is 6.17 Å². The van der Waals surface area contributed by atoms with Crippen LogP contribution < -0.4 is 10.2 Å². The average Bonchev–Trinajstić information content (AvgIpc) is 3.99. The second kappa shape index (κ2) is 20.9. The van der Waals surface area contributed by atoms with Gasteiger partial charge in [-0.3, -0.25) is 9.59 Å². The van der Waals surface area contributed by atoms with Crippen LogP contribution in [0.2, 0.25) is 0 Å². The molecule has 0 bridgehead atoms. The van der Waals surface area contributed by atoms with E-state index in [1.165, 1.54) is 4.90 Å². The number of aliphatic imine (C=N–C) groups is 2. The fraction of sp³-hybridized carbons (Fsp3) is 0.0135. The Labute approximate surface area is 484 Å². The van der Waals surface area contributed by atoms with E-state index in [0.29, 0.717) is 40.5 Å². The molecule has 2 aliphatic rings. The highest BCUT2D eigenvalue weighted by Gasteiger charge is 2.42. The second-order valence-electron chi connectivity index (χ2n) is 20.7. The number of amidine groups is 2. The van der Waals surface area contributed by atoms with Gasteiger partial charge in [0.15, 0.2) is 23.3 Å². The summed E-state index contributed by atoms with van der Waals surface area (Å²) in [6, 6.07) is 92.4. The standard InChI is InChI=1S/C74H48N8O2/c83-73-59-37-22-38-62(65(59)74(84)82(73)66-60(48-25-10-2-11-26-48)43-56(47-23-8-1-9-24-47)44-61(66)49-27-12-3-13-28-49)81-63-45-54(71-77-67(50-29-14-4-15-30-50)75-68(78-71)51-31-16-5-17-32-51)39-41-57(63)58-42-40-55(46-64(58)81)72-79-69(52-33-18-6-19-34-52)76-70(80-72)53-35-20-7-21-36-53/h1-46,71H,(H,75,77,78). The molecule has 396 valence electrons. The fourth-order valence-electron chi connectivity index (χ4n) is 11.6. The van der Waals surface area contributed by atoms with Crippen LogP contribution in [0, 0.1) is 0 Å². The fourth-order valence-corrected chi connectivity index (χ4v) is 11.6. The molecule has 2 aliphatic heterocycles. The van der Waals surface area contributed by atoms with Gasteiger partial charge >= 0.3 is 0 Å². The lowest BCUT2D eigenvalue weighted by Crippen LogP contribution is -2.33. The molecule has 11 aromatic carbocycles. The Balaban J connectivity index is 0.959. The first-order chi connectivity index (χ1) is 41.5. The molecule has 10 nitrogen and oxygen atoms in total. The van der Waals surface area contributed by atoms with E-state index in [-0.39, 0.29) is 11.1 Å². The number of hydrogen-bond acceptors (Lipinski definition) is 8. The van der Waals surface area contributed by atoms with Gasteiger partial charge in [-0.1, -0.05) is 243 Å². The molecule has 15 rings (SSSR count). The second-order valence-corrected chi connectivity index (χ2v) is 20.7. The summed E-state index contributed by atoms with van der Waals surface area (Å²) in [6.45, 7) is 0. The topological polar surface area (TPSA) is 118 Å². The van der Waals surface area contributed by atoms with Crippen LogP contribution in [0.3, 0.4) is 0 Å². The predicted molar refractivity (Wildman–Crippen MR) is 336 cm³/mol. The molecule has 0 fully saturated rings. The lowest BCUT2D eigenvalue weighted by atomic mass is 9.90. The number of nitrogens with zero attached hydrogens (tertiary/aromatic N) is 7. The quantitative estimate of drug-likeness (QED) is 0.129. The molecule has 1 unspecified atom stereocenters. The van der Waals surface area contributed by atoms with E-state index in [0.717, 1.165) is 88.6 Å². The summed E-state index contributed by atoms with van der Waals surface area (Å²) in [7, 11) is 0. The van der Waals surface area contributed by atoms with E-state index in [1.54, 1.807) is 6.07 Å². The molecular weight excluding hydrogens is 1030 g/mol. The van der Waals surface area contributed by atoms with Crippen LogP contribution >= 0.6 is 0 Å². The number of hydrogen-bond donors (Lipinski definition) is 1. The zero-order chi connectivity index (χ0) is 56.1. The molecule has 0 saturated carbocycles. The number of imide groups is 1. The van der Waals surface area contributed by atoms with E-state index in [2.05, 4.69) is 64.5 Å². The molecule has 4 heterocycles. The van der Waals surface area contributed by atoms with Gasteiger partial charge in [0.2, 0.25) is 0 Å². The molecule has 2 aromatic heterocycles. The summed E-state index contributed by atoms with van der Waals surface area (Å²) in [5.41, 5.74) is 13.4. The lowest BCUT2D eigenvalue weighted by molar-refractivity contribution is 0.0926. The van der Waals surface area contributed by atoms with E-state index in [9.17, 15) is 0 Å². The third-order valence-electron chi connectivity index (χ3n) is 15.6. The van der Waals surface area contributed by atoms with E-state index in [4.69, 9.17) is 24.9 Å². The van der Waals surface area contributed by atoms with Gasteiger partial charge in [-0.15, -0.1) is 0 Å². The molecule has 84 heavy (non-hydrogen) atoms. The van der Waals surface area contributed by atoms with Crippen molar-refractivity contribution in [3.05, 3.63) is 307 Å². The van der Waals surface area contributed by atoms with Crippen molar-refractivity contribution in [1.82, 2.24) is 24.8 Å². The maximum atomic E-state index is 16.2. The van der Waals surface area contributed by atoms with Gasteiger partial charge in [0, 0.05) is 49.7 Å². The molecule has 0 aliphatic carbocycles. The van der Waals surface area contributed by atoms with Crippen LogP contribution in [0.25, 0.3) is 95.0 Å². The molecule has 0 radical (unpaired) electrons. The van der Waals surface area contributed by atoms with Crippen LogP contribution in [0.5, 0.6) is 0 Å². The smallest absolute Gasteiger partial charge is 0.268 e. The number of anilines is 1. The van der Waals surface area contributed by atoms with E-state index < -0.39 is 18.0 Å². The number of carbonyl (C=O) groups excluding carboxylic acids is 2. The first kappa shape index (κ1) is 49.5. The first-order valence-corrected chi connectivity index (χ1v) is 27.8. The number of carbonyl (C=O) groups is 2. The number of nitrogens with one attached hydrogen (secondary N) is 1. The zero-order valence-corrected chi connectivity index (χ0v) is 45.1. The van der Waals surface area contributed by atoms with Crippen LogP contribution in [-0.4, -0.2) is 43.0 Å². The van der Waals surface area contributed by atoms with Gasteiger partial charge < -0.3 is 9.88 Å². The van der Waals surface area contributed by atoms with Gasteiger partial charge in [0.05, 0.1) is 33.5 Å². The monoisotopic (exact) mass is 1080 g/mol. The minimum absolute atomic E-state index is 0.277. The van der Waals surface area contributed by atoms with Gasteiger partial charge in [0.1, 0.15) is 12.0 Å². The zero-order valence-electron chi connectivity index (χ0n) is 45.1. The highest BCUT2D eigenvalue weighted by atomic mass is 16.2. The predicted octanol–water partition coefficient (Wildman–Crippen LogP) is 16.3. The van der Waals surface area contributed by atoms with Crippen molar-refractivity contribution in [1.29, 1.82) is 0 Å². The van der Waals surface area contributed by atoms with Crippen LogP contribution in [-0.2, 0) is 0 Å². The van der Waals surface area contributed by atoms with E-state index in [1.807, 2.05) is 218 Å². The van der Waals surface area contributed by atoms with Crippen molar-refractivity contribution >= 4 is 51.0 Å². The molecule has 2 amide bonds. The largest absolute Gasteiger partial charge is 0.344 e. The highest BCUT2D eigenvalue weighted by molar-refractivity contribution is 6.37. The highest BCUT2D eigenvalue weighted by Crippen LogP contribution is 2.47. The molecule has 1 atom stereocenters. The molecular formula is C74H48N8O2. The third-order valence-corrected chi connectivity index (χ3v) is 15.6. The summed E-state index contributed by atoms with van der Waals surface area (Å²) in [5, 5.41) is 5.50. The summed E-state index contributed by atoms with van der Waals surface area (Å²) in [6.07, 6.45) is -0.566. The number of fused-ring (bicyclic) bond motifs is 4. The normalized spacial score (nSPS) is 13.9. The molecule has 1 N–H and O–H groups in total. The SMILES string of the molecule is O=C1c2cccc(-n3c4cc(-c5nc(-c6ccccc6)nc(-c6ccccc6)n5)ccc4c4ccc(C5N=C(c6ccccc6)N=C(c6ccccc6)N5)cc43)c2C(=O)N1c1c(-c2ccccc2)cc(-c2ccccc2)cc1-c1ccccc1. The summed E-state index contributed by atoms with van der Waals surface area (Å²) >= 11 is 0. The van der Waals surface area contributed by atoms with Crippen LogP contribution in [0.1, 0.15) is 43.6 Å². The lowest BCUT2D eigenvalue weighted by Gasteiger charge is -2.24. The molecule has 0 saturated heterocycles. The number of amides is 2. The molecule has 13 aromatic rings. The van der Waals surface area contributed by atoms with Crippen LogP contribution in [0.15, 0.2) is 289 Å². The summed E-state index contributed by atoms with van der Waals surface area (Å²) in [5.74, 6) is 1.96. The van der Waals surface area contributed by atoms with Crippen molar-refractivity contribution in [3.63, 3.8) is 0 Å². The van der Waals surface area contributed by atoms with Crippen molar-refractivity contribution in [2.75, 3.05) is 4.90 Å². The Kier molecular flexibility index (Phi) is 12.3. The average molecular weight is 1080 g/mol. The Hall–Kier alpha value is -11.5. The number of aromatic nitrogens is 4. The van der Waals surface area contributed by atoms with Gasteiger partial charge in [-0.25, -0.2) is 29.8 Å². The number of benzene rings is 11. The van der Waals surface area contributed by atoms with Crippen LogP contribution in [0.4, 0.5) is 5.69 Å². The summed E-state index contributed by atoms with van der Waals surface area (Å²) < 4.78 is 2.12. The molecule has 0 spiro atoms. The van der Waals surface area contributed by atoms with Gasteiger partial charge in [-0.2, -0.15) is 0 Å². The minimum Gasteiger partial charge on any atom is -0.344 e. The molecule has 10 heteroatoms. The third kappa shape index (κ3) is 8.82. The Morgan fingerprint density at radius 1 is 0.357 bits per heavy atom. The Morgan fingerprint density at radius 2 is 0.821 bits per heavy atom. The summed E-state index contributed by atoms with van der Waals surface area (Å²) in [4.78, 5) is 59.0. The maximum absolute atomic E-state index is 16.2. The van der Waals surface area contributed by atoms with Crippen molar-refractivity contribution in [3.8, 4) is 73.2 Å². The van der Waals surface area contributed by atoms with Gasteiger partial charge in [-0.05, 0) is 64.2 Å². The number of rotatable bonds is 11.